The molecule has 3 rings (SSSR count). The number of aliphatic hydroxyl groups excluding tert-OH is 1. The Hall–Kier alpha value is -2.80. The molecule has 0 radical (unpaired) electrons. The van der Waals surface area contributed by atoms with E-state index in [0.717, 1.165) is 9.87 Å². The number of hydrogen-bond donors (Lipinski definition) is 2. The van der Waals surface area contributed by atoms with Crippen molar-refractivity contribution in [3.8, 4) is 0 Å². The second kappa shape index (κ2) is 5.68. The van der Waals surface area contributed by atoms with Gasteiger partial charge in [0.2, 0.25) is 0 Å². The molecule has 6 nitrogen and oxygen atoms in total. The van der Waals surface area contributed by atoms with Crippen molar-refractivity contribution in [3.63, 3.8) is 0 Å². The highest BCUT2D eigenvalue weighted by atomic mass is 32.2. The number of aliphatic hydroxyl groups is 1. The fourth-order valence-electron chi connectivity index (χ4n) is 2.63. The van der Waals surface area contributed by atoms with Gasteiger partial charge in [0.15, 0.2) is 11.5 Å². The molecule has 0 saturated carbocycles. The summed E-state index contributed by atoms with van der Waals surface area (Å²) in [6.07, 6.45) is 0. The number of hydrogen-bond acceptors (Lipinski definition) is 4. The zero-order valence-electron chi connectivity index (χ0n) is 12.9. The lowest BCUT2D eigenvalue weighted by molar-refractivity contribution is -0.115. The Kier molecular flexibility index (Phi) is 3.81. The molecular formula is C17H16N2O4S. The number of carbonyl (C=O) groups is 1. The number of benzene rings is 2. The molecule has 124 valence electrons. The Labute approximate surface area is 139 Å². The second-order valence-electron chi connectivity index (χ2n) is 5.55. The van der Waals surface area contributed by atoms with Crippen LogP contribution < -0.4 is 5.73 Å². The van der Waals surface area contributed by atoms with E-state index < -0.39 is 27.4 Å². The molecule has 0 bridgehead atoms. The number of nitrogens with two attached hydrogens (primary N) is 1. The van der Waals surface area contributed by atoms with Crippen molar-refractivity contribution in [3.05, 3.63) is 70.9 Å². The fraction of sp³-hybridized carbons (Fsp3) is 0.118. The molecule has 24 heavy (non-hydrogen) atoms. The maximum atomic E-state index is 12.9. The van der Waals surface area contributed by atoms with E-state index in [1.54, 1.807) is 24.3 Å². The number of fused-ring (bicyclic) bond motifs is 1. The van der Waals surface area contributed by atoms with Gasteiger partial charge in [-0.15, -0.1) is 0 Å². The molecule has 0 saturated heterocycles. The lowest BCUT2D eigenvalue weighted by Gasteiger charge is -2.30. The van der Waals surface area contributed by atoms with Crippen LogP contribution in [0.3, 0.4) is 0 Å². The van der Waals surface area contributed by atoms with Crippen LogP contribution in [0.25, 0.3) is 5.76 Å². The van der Waals surface area contributed by atoms with Crippen LogP contribution in [-0.2, 0) is 21.4 Å². The van der Waals surface area contributed by atoms with Crippen LogP contribution in [0.1, 0.15) is 16.7 Å². The van der Waals surface area contributed by atoms with Crippen LogP contribution >= 0.6 is 0 Å². The lowest BCUT2D eigenvalue weighted by atomic mass is 10.1. The van der Waals surface area contributed by atoms with Gasteiger partial charge < -0.3 is 10.8 Å². The number of carbonyl (C=O) groups excluding carboxylic acids is 1. The molecule has 0 aliphatic carbocycles. The van der Waals surface area contributed by atoms with Crippen molar-refractivity contribution >= 4 is 21.7 Å². The van der Waals surface area contributed by atoms with E-state index in [9.17, 15) is 18.3 Å². The van der Waals surface area contributed by atoms with Gasteiger partial charge in [-0.25, -0.2) is 8.42 Å². The molecule has 1 aliphatic rings. The van der Waals surface area contributed by atoms with Crippen LogP contribution in [0.15, 0.2) is 59.1 Å². The van der Waals surface area contributed by atoms with Crippen LogP contribution in [0, 0.1) is 6.92 Å². The SMILES string of the molecule is Cc1ccc(CN2C(C(N)=O)=C(O)c3ccccc3S2(=O)=O)cc1. The molecule has 0 spiro atoms. The fourth-order valence-corrected chi connectivity index (χ4v) is 4.30. The van der Waals surface area contributed by atoms with Gasteiger partial charge in [-0.3, -0.25) is 9.10 Å². The first-order valence-electron chi connectivity index (χ1n) is 7.23. The summed E-state index contributed by atoms with van der Waals surface area (Å²) >= 11 is 0. The summed E-state index contributed by atoms with van der Waals surface area (Å²) in [5.74, 6) is -1.43. The van der Waals surface area contributed by atoms with Gasteiger partial charge in [-0.05, 0) is 24.6 Å². The number of amides is 1. The first kappa shape index (κ1) is 16.1. The summed E-state index contributed by atoms with van der Waals surface area (Å²) in [7, 11) is -4.00. The van der Waals surface area contributed by atoms with Crippen molar-refractivity contribution in [1.29, 1.82) is 0 Å². The van der Waals surface area contributed by atoms with Crippen molar-refractivity contribution in [2.75, 3.05) is 0 Å². The van der Waals surface area contributed by atoms with E-state index in [0.29, 0.717) is 5.56 Å². The number of rotatable bonds is 3. The summed E-state index contributed by atoms with van der Waals surface area (Å²) in [6.45, 7) is 1.82. The molecule has 0 fully saturated rings. The zero-order valence-corrected chi connectivity index (χ0v) is 13.7. The number of primary amides is 1. The average Bonchev–Trinajstić information content (AvgIpc) is 2.54. The van der Waals surface area contributed by atoms with Crippen LogP contribution in [0.5, 0.6) is 0 Å². The van der Waals surface area contributed by atoms with Gasteiger partial charge in [0, 0.05) is 5.56 Å². The summed E-state index contributed by atoms with van der Waals surface area (Å²) in [6, 6.07) is 13.2. The maximum absolute atomic E-state index is 12.9. The van der Waals surface area contributed by atoms with Crippen molar-refractivity contribution in [1.82, 2.24) is 4.31 Å². The minimum Gasteiger partial charge on any atom is -0.505 e. The van der Waals surface area contributed by atoms with E-state index in [-0.39, 0.29) is 17.0 Å². The Morgan fingerprint density at radius 2 is 1.75 bits per heavy atom. The largest absolute Gasteiger partial charge is 0.505 e. The minimum atomic E-state index is -4.00. The quantitative estimate of drug-likeness (QED) is 0.888. The Bertz CT molecular complexity index is 947. The van der Waals surface area contributed by atoms with Gasteiger partial charge in [0.25, 0.3) is 15.9 Å². The number of nitrogens with zero attached hydrogens (tertiary/aromatic N) is 1. The molecular weight excluding hydrogens is 328 g/mol. The van der Waals surface area contributed by atoms with E-state index in [2.05, 4.69) is 0 Å². The van der Waals surface area contributed by atoms with E-state index in [1.165, 1.54) is 12.1 Å². The topological polar surface area (TPSA) is 101 Å². The normalized spacial score (nSPS) is 16.0. The van der Waals surface area contributed by atoms with Gasteiger partial charge in [0.1, 0.15) is 0 Å². The molecule has 1 amide bonds. The molecule has 2 aromatic rings. The van der Waals surface area contributed by atoms with E-state index in [1.807, 2.05) is 19.1 Å². The molecule has 3 N–H and O–H groups in total. The third-order valence-electron chi connectivity index (χ3n) is 3.86. The standard InChI is InChI=1S/C17H16N2O4S/c1-11-6-8-12(9-7-11)10-19-15(17(18)21)16(20)13-4-2-3-5-14(13)24(19,22)23/h2-9,20H,10H2,1H3,(H2,18,21). The first-order chi connectivity index (χ1) is 11.3. The highest BCUT2D eigenvalue weighted by Gasteiger charge is 2.39. The molecule has 0 atom stereocenters. The summed E-state index contributed by atoms with van der Waals surface area (Å²) in [4.78, 5) is 11.8. The third kappa shape index (κ3) is 2.52. The molecule has 7 heteroatoms. The zero-order chi connectivity index (χ0) is 17.5. The molecule has 1 aliphatic heterocycles. The van der Waals surface area contributed by atoms with Crippen molar-refractivity contribution in [2.24, 2.45) is 5.73 Å². The van der Waals surface area contributed by atoms with Gasteiger partial charge in [0.05, 0.1) is 11.4 Å². The Balaban J connectivity index is 2.18. The third-order valence-corrected chi connectivity index (χ3v) is 5.67. The first-order valence-corrected chi connectivity index (χ1v) is 8.67. The van der Waals surface area contributed by atoms with Gasteiger partial charge in [-0.1, -0.05) is 42.0 Å². The summed E-state index contributed by atoms with van der Waals surface area (Å²) < 4.78 is 26.7. The molecule has 1 heterocycles. The summed E-state index contributed by atoms with van der Waals surface area (Å²) in [5, 5.41) is 10.4. The summed E-state index contributed by atoms with van der Waals surface area (Å²) in [5.41, 5.74) is 6.70. The van der Waals surface area contributed by atoms with Gasteiger partial charge >= 0.3 is 0 Å². The second-order valence-corrected chi connectivity index (χ2v) is 7.39. The van der Waals surface area contributed by atoms with Crippen LogP contribution in [-0.4, -0.2) is 23.7 Å². The predicted molar refractivity (Wildman–Crippen MR) is 89.1 cm³/mol. The average molecular weight is 344 g/mol. The smallest absolute Gasteiger partial charge is 0.269 e. The number of aryl methyl sites for hydroxylation is 1. The van der Waals surface area contributed by atoms with Crippen LogP contribution in [0.4, 0.5) is 0 Å². The highest BCUT2D eigenvalue weighted by molar-refractivity contribution is 7.89. The molecule has 2 aromatic carbocycles. The molecule has 0 aromatic heterocycles. The predicted octanol–water partition coefficient (Wildman–Crippen LogP) is 1.91. The monoisotopic (exact) mass is 344 g/mol. The number of sulfonamides is 1. The maximum Gasteiger partial charge on any atom is 0.269 e. The van der Waals surface area contributed by atoms with Crippen molar-refractivity contribution < 1.29 is 18.3 Å². The van der Waals surface area contributed by atoms with Gasteiger partial charge in [-0.2, -0.15) is 0 Å². The highest BCUT2D eigenvalue weighted by Crippen LogP contribution is 2.36. The lowest BCUT2D eigenvalue weighted by Crippen LogP contribution is -2.39. The Morgan fingerprint density at radius 3 is 2.38 bits per heavy atom. The minimum absolute atomic E-state index is 0.0559. The van der Waals surface area contributed by atoms with E-state index >= 15 is 0 Å². The van der Waals surface area contributed by atoms with Crippen LogP contribution in [0.2, 0.25) is 0 Å². The van der Waals surface area contributed by atoms with E-state index in [4.69, 9.17) is 5.73 Å². The molecule has 0 unspecified atom stereocenters. The Morgan fingerprint density at radius 1 is 1.12 bits per heavy atom. The van der Waals surface area contributed by atoms with Crippen molar-refractivity contribution in [2.45, 2.75) is 18.4 Å².